The molecule has 0 atom stereocenters. The fraction of sp³-hybridized carbons (Fsp3) is 0.263. The molecular weight excluding hydrogens is 307 g/mol. The summed E-state index contributed by atoms with van der Waals surface area (Å²) in [4.78, 5) is 25.0. The molecule has 0 saturated carbocycles. The molecule has 0 aliphatic carbocycles. The number of carbonyl (C=O) groups excluding carboxylic acids is 2. The highest BCUT2D eigenvalue weighted by Gasteiger charge is 2.29. The van der Waals surface area contributed by atoms with Crippen LogP contribution < -0.4 is 5.43 Å². The maximum absolute atomic E-state index is 13.4. The van der Waals surface area contributed by atoms with Crippen LogP contribution in [0.1, 0.15) is 36.7 Å². The summed E-state index contributed by atoms with van der Waals surface area (Å²) in [5, 5.41) is 1.24. The Morgan fingerprint density at radius 2 is 1.71 bits per heavy atom. The predicted molar refractivity (Wildman–Crippen MR) is 90.6 cm³/mol. The van der Waals surface area contributed by atoms with Gasteiger partial charge in [0.15, 0.2) is 0 Å². The molecule has 2 amide bonds. The normalized spacial score (nSPS) is 11.0. The third kappa shape index (κ3) is 4.65. The number of hydrogen-bond acceptors (Lipinski definition) is 2. The van der Waals surface area contributed by atoms with Crippen LogP contribution >= 0.6 is 0 Å². The van der Waals surface area contributed by atoms with Crippen LogP contribution in [0, 0.1) is 5.82 Å². The van der Waals surface area contributed by atoms with Crippen LogP contribution in [0.15, 0.2) is 54.6 Å². The van der Waals surface area contributed by atoms with Crippen LogP contribution in [0.3, 0.4) is 0 Å². The first-order chi connectivity index (χ1) is 11.3. The van der Waals surface area contributed by atoms with E-state index in [0.29, 0.717) is 0 Å². The third-order valence-electron chi connectivity index (χ3n) is 3.39. The van der Waals surface area contributed by atoms with Gasteiger partial charge >= 0.3 is 0 Å². The number of rotatable bonds is 3. The van der Waals surface area contributed by atoms with E-state index < -0.39 is 17.3 Å². The first-order valence-electron chi connectivity index (χ1n) is 7.71. The van der Waals surface area contributed by atoms with Crippen LogP contribution in [0.25, 0.3) is 0 Å². The summed E-state index contributed by atoms with van der Waals surface area (Å²) < 4.78 is 13.4. The summed E-state index contributed by atoms with van der Waals surface area (Å²) in [5.74, 6) is -1.25. The zero-order valence-electron chi connectivity index (χ0n) is 14.0. The fourth-order valence-electron chi connectivity index (χ4n) is 2.22. The minimum Gasteiger partial charge on any atom is -0.273 e. The van der Waals surface area contributed by atoms with Crippen LogP contribution in [0.5, 0.6) is 0 Å². The third-order valence-corrected chi connectivity index (χ3v) is 3.39. The van der Waals surface area contributed by atoms with E-state index in [-0.39, 0.29) is 17.9 Å². The van der Waals surface area contributed by atoms with Crippen molar-refractivity contribution in [3.8, 4) is 0 Å². The Morgan fingerprint density at radius 3 is 2.29 bits per heavy atom. The van der Waals surface area contributed by atoms with E-state index in [1.54, 1.807) is 20.8 Å². The first-order valence-corrected chi connectivity index (χ1v) is 7.71. The number of nitrogens with one attached hydrogen (secondary N) is 1. The highest BCUT2D eigenvalue weighted by Crippen LogP contribution is 2.16. The molecule has 1 N–H and O–H groups in total. The minimum absolute atomic E-state index is 0.157. The lowest BCUT2D eigenvalue weighted by atomic mass is 10.1. The molecule has 2 rings (SSSR count). The molecule has 0 bridgehead atoms. The standard InChI is InChI=1S/C19H21FN2O2/c1-19(2,3)22(18(24)15-10-7-11-16(20)13-15)21-17(23)12-14-8-5-4-6-9-14/h4-11,13H,12H2,1-3H3,(H,21,23). The number of hydrogen-bond donors (Lipinski definition) is 1. The van der Waals surface area contributed by atoms with E-state index in [0.717, 1.165) is 11.6 Å². The van der Waals surface area contributed by atoms with Gasteiger partial charge in [0, 0.05) is 5.56 Å². The summed E-state index contributed by atoms with van der Waals surface area (Å²) in [5.41, 5.74) is 3.02. The second-order valence-corrected chi connectivity index (χ2v) is 6.52. The molecule has 0 fully saturated rings. The summed E-state index contributed by atoms with van der Waals surface area (Å²) in [7, 11) is 0. The maximum Gasteiger partial charge on any atom is 0.272 e. The quantitative estimate of drug-likeness (QED) is 0.879. The van der Waals surface area contributed by atoms with Gasteiger partial charge in [-0.1, -0.05) is 36.4 Å². The smallest absolute Gasteiger partial charge is 0.272 e. The van der Waals surface area contributed by atoms with Crippen LogP contribution in [0.2, 0.25) is 0 Å². The van der Waals surface area contributed by atoms with Crippen molar-refractivity contribution < 1.29 is 14.0 Å². The number of carbonyl (C=O) groups is 2. The van der Waals surface area contributed by atoms with E-state index in [1.807, 2.05) is 30.3 Å². The molecule has 0 aliphatic heterocycles. The molecule has 4 nitrogen and oxygen atoms in total. The van der Waals surface area contributed by atoms with Crippen molar-refractivity contribution >= 4 is 11.8 Å². The molecular formula is C19H21FN2O2. The predicted octanol–water partition coefficient (Wildman–Crippen LogP) is 3.34. The van der Waals surface area contributed by atoms with Gasteiger partial charge in [-0.15, -0.1) is 0 Å². The van der Waals surface area contributed by atoms with Crippen LogP contribution in [-0.4, -0.2) is 22.4 Å². The Labute approximate surface area is 141 Å². The van der Waals surface area contributed by atoms with Crippen molar-refractivity contribution in [3.05, 3.63) is 71.5 Å². The minimum atomic E-state index is -0.657. The van der Waals surface area contributed by atoms with Crippen molar-refractivity contribution in [3.63, 3.8) is 0 Å². The SMILES string of the molecule is CC(C)(C)N(NC(=O)Cc1ccccc1)C(=O)c1cccc(F)c1. The van der Waals surface area contributed by atoms with Gasteiger partial charge in [0.05, 0.1) is 12.0 Å². The lowest BCUT2D eigenvalue weighted by molar-refractivity contribution is -0.126. The van der Waals surface area contributed by atoms with Gasteiger partial charge in [0.1, 0.15) is 5.82 Å². The van der Waals surface area contributed by atoms with Crippen molar-refractivity contribution in [2.75, 3.05) is 0 Å². The molecule has 2 aromatic rings. The number of hydrazine groups is 1. The fourth-order valence-corrected chi connectivity index (χ4v) is 2.22. The van der Waals surface area contributed by atoms with Crippen molar-refractivity contribution in [2.24, 2.45) is 0 Å². The Balaban J connectivity index is 2.17. The second kappa shape index (κ2) is 7.25. The molecule has 0 aromatic heterocycles. The molecule has 5 heteroatoms. The van der Waals surface area contributed by atoms with Crippen LogP contribution in [0.4, 0.5) is 4.39 Å². The molecule has 0 aliphatic rings. The summed E-state index contributed by atoms with van der Waals surface area (Å²) >= 11 is 0. The topological polar surface area (TPSA) is 49.4 Å². The highest BCUT2D eigenvalue weighted by molar-refractivity contribution is 5.96. The Morgan fingerprint density at radius 1 is 1.04 bits per heavy atom. The molecule has 126 valence electrons. The average Bonchev–Trinajstić information content (AvgIpc) is 2.52. The van der Waals surface area contributed by atoms with Gasteiger partial charge in [-0.25, -0.2) is 9.40 Å². The number of amides is 2. The zero-order chi connectivity index (χ0) is 17.7. The van der Waals surface area contributed by atoms with Crippen LogP contribution in [-0.2, 0) is 11.2 Å². The van der Waals surface area contributed by atoms with E-state index in [9.17, 15) is 14.0 Å². The second-order valence-electron chi connectivity index (χ2n) is 6.52. The summed E-state index contributed by atoms with van der Waals surface area (Å²) in [6.07, 6.45) is 0.157. The Kier molecular flexibility index (Phi) is 5.34. The molecule has 0 radical (unpaired) electrons. The average molecular weight is 328 g/mol. The van der Waals surface area contributed by atoms with Crippen molar-refractivity contribution in [2.45, 2.75) is 32.7 Å². The number of nitrogens with zero attached hydrogens (tertiary/aromatic N) is 1. The lowest BCUT2D eigenvalue weighted by Crippen LogP contribution is -2.56. The maximum atomic E-state index is 13.4. The summed E-state index contributed by atoms with van der Waals surface area (Å²) in [6.45, 7) is 5.40. The zero-order valence-corrected chi connectivity index (χ0v) is 14.0. The molecule has 0 heterocycles. The number of benzene rings is 2. The van der Waals surface area contributed by atoms with E-state index >= 15 is 0 Å². The summed E-state index contributed by atoms with van der Waals surface area (Å²) in [6, 6.07) is 14.7. The van der Waals surface area contributed by atoms with Gasteiger partial charge in [0.25, 0.3) is 5.91 Å². The van der Waals surface area contributed by atoms with Crippen molar-refractivity contribution in [1.82, 2.24) is 10.4 Å². The Bertz CT molecular complexity index is 724. The highest BCUT2D eigenvalue weighted by atomic mass is 19.1. The Hall–Kier alpha value is -2.69. The van der Waals surface area contributed by atoms with Gasteiger partial charge in [-0.05, 0) is 44.5 Å². The van der Waals surface area contributed by atoms with Gasteiger partial charge < -0.3 is 0 Å². The number of halogens is 1. The van der Waals surface area contributed by atoms with Gasteiger partial charge in [0.2, 0.25) is 5.91 Å². The van der Waals surface area contributed by atoms with Crippen molar-refractivity contribution in [1.29, 1.82) is 0 Å². The van der Waals surface area contributed by atoms with E-state index in [2.05, 4.69) is 5.43 Å². The molecule has 0 spiro atoms. The van der Waals surface area contributed by atoms with Gasteiger partial charge in [-0.3, -0.25) is 15.0 Å². The van der Waals surface area contributed by atoms with Gasteiger partial charge in [-0.2, -0.15) is 0 Å². The molecule has 0 unspecified atom stereocenters. The largest absolute Gasteiger partial charge is 0.273 e. The molecule has 24 heavy (non-hydrogen) atoms. The molecule has 0 saturated heterocycles. The first kappa shape index (κ1) is 17.7. The van der Waals surface area contributed by atoms with E-state index in [1.165, 1.54) is 23.2 Å². The lowest BCUT2D eigenvalue weighted by Gasteiger charge is -2.35. The molecule has 2 aromatic carbocycles. The monoisotopic (exact) mass is 328 g/mol. The van der Waals surface area contributed by atoms with E-state index in [4.69, 9.17) is 0 Å².